The number of aromatic nitrogens is 4. The van der Waals surface area contributed by atoms with E-state index in [9.17, 15) is 14.4 Å². The maximum Gasteiger partial charge on any atom is 0.332 e. The molecule has 0 saturated carbocycles. The van der Waals surface area contributed by atoms with Crippen LogP contribution < -0.4 is 16.6 Å². The topological polar surface area (TPSA) is 98.9 Å². The van der Waals surface area contributed by atoms with E-state index in [2.05, 4.69) is 15.3 Å². The summed E-state index contributed by atoms with van der Waals surface area (Å²) in [5.41, 5.74) is 0.617. The minimum absolute atomic E-state index is 0.118. The van der Waals surface area contributed by atoms with E-state index in [0.717, 1.165) is 16.6 Å². The summed E-state index contributed by atoms with van der Waals surface area (Å²) >= 11 is 1.18. The van der Waals surface area contributed by atoms with Gasteiger partial charge in [0.1, 0.15) is 16.2 Å². The number of carbonyl (C=O) groups excluding carboxylic acids is 1. The number of amides is 1. The molecule has 0 radical (unpaired) electrons. The fraction of sp³-hybridized carbons (Fsp3) is 0.409. The second-order valence-corrected chi connectivity index (χ2v) is 8.76. The van der Waals surface area contributed by atoms with Crippen molar-refractivity contribution in [2.75, 3.05) is 12.3 Å². The van der Waals surface area contributed by atoms with Crippen molar-refractivity contribution >= 4 is 28.7 Å². The first kappa shape index (κ1) is 22.7. The van der Waals surface area contributed by atoms with Crippen molar-refractivity contribution in [2.45, 2.75) is 38.8 Å². The molecule has 0 fully saturated rings. The van der Waals surface area contributed by atoms with Crippen LogP contribution in [0.4, 0.5) is 0 Å². The highest BCUT2D eigenvalue weighted by Crippen LogP contribution is 2.22. The zero-order valence-corrected chi connectivity index (χ0v) is 19.0. The van der Waals surface area contributed by atoms with Crippen LogP contribution >= 0.6 is 11.8 Å². The molecule has 0 saturated heterocycles. The van der Waals surface area contributed by atoms with E-state index in [-0.39, 0.29) is 23.0 Å². The minimum atomic E-state index is -0.452. The molecule has 8 nitrogen and oxygen atoms in total. The van der Waals surface area contributed by atoms with E-state index in [1.54, 1.807) is 6.92 Å². The van der Waals surface area contributed by atoms with Gasteiger partial charge in [-0.2, -0.15) is 0 Å². The van der Waals surface area contributed by atoms with Crippen LogP contribution in [0.1, 0.15) is 25.2 Å². The number of carbonyl (C=O) groups is 1. The Morgan fingerprint density at radius 3 is 2.55 bits per heavy atom. The van der Waals surface area contributed by atoms with Crippen molar-refractivity contribution in [1.29, 1.82) is 0 Å². The van der Waals surface area contributed by atoms with Gasteiger partial charge in [0.25, 0.3) is 5.56 Å². The number of nitrogens with one attached hydrogen (secondary N) is 1. The number of thioether (sulfide) groups is 1. The minimum Gasteiger partial charge on any atom is -0.355 e. The van der Waals surface area contributed by atoms with Crippen molar-refractivity contribution in [3.63, 3.8) is 0 Å². The molecule has 164 valence electrons. The van der Waals surface area contributed by atoms with Gasteiger partial charge in [0.2, 0.25) is 5.91 Å². The summed E-state index contributed by atoms with van der Waals surface area (Å²) in [6, 6.07) is 9.92. The fourth-order valence-electron chi connectivity index (χ4n) is 3.25. The number of aryl methyl sites for hydroxylation is 1. The Hall–Kier alpha value is -2.94. The molecule has 0 bridgehead atoms. The molecule has 0 aliphatic rings. The molecule has 1 amide bonds. The molecule has 1 N–H and O–H groups in total. The third-order valence-electron chi connectivity index (χ3n) is 4.73. The van der Waals surface area contributed by atoms with Gasteiger partial charge in [-0.05, 0) is 24.8 Å². The summed E-state index contributed by atoms with van der Waals surface area (Å²) < 4.78 is 2.59. The Bertz CT molecular complexity index is 1200. The first-order valence-corrected chi connectivity index (χ1v) is 11.2. The standard InChI is InChI=1S/C22H27N5O3S/c1-14(2)12-27-19-18(21(29)26(4)22(27)30)20(25-15(3)24-19)31-13-17(28)23-11-10-16-8-6-5-7-9-16/h5-9,14H,10-13H2,1-4H3,(H,23,28). The van der Waals surface area contributed by atoms with E-state index in [1.165, 1.54) is 23.4 Å². The van der Waals surface area contributed by atoms with Crippen LogP contribution in [0.15, 0.2) is 44.9 Å². The number of benzene rings is 1. The van der Waals surface area contributed by atoms with Gasteiger partial charge in [-0.25, -0.2) is 14.8 Å². The molecule has 3 rings (SSSR count). The Labute approximate surface area is 184 Å². The first-order valence-electron chi connectivity index (χ1n) is 10.2. The van der Waals surface area contributed by atoms with E-state index in [4.69, 9.17) is 0 Å². The highest BCUT2D eigenvalue weighted by molar-refractivity contribution is 8.00. The van der Waals surface area contributed by atoms with E-state index < -0.39 is 11.2 Å². The number of fused-ring (bicyclic) bond motifs is 1. The Morgan fingerprint density at radius 1 is 1.16 bits per heavy atom. The van der Waals surface area contributed by atoms with E-state index in [0.29, 0.717) is 29.6 Å². The maximum absolute atomic E-state index is 12.8. The molecule has 0 spiro atoms. The van der Waals surface area contributed by atoms with Crippen molar-refractivity contribution in [1.82, 2.24) is 24.4 Å². The van der Waals surface area contributed by atoms with Crippen LogP contribution in [-0.4, -0.2) is 37.3 Å². The third kappa shape index (κ3) is 5.41. The molecule has 0 aliphatic heterocycles. The highest BCUT2D eigenvalue weighted by Gasteiger charge is 2.19. The molecular formula is C22H27N5O3S. The van der Waals surface area contributed by atoms with E-state index in [1.807, 2.05) is 44.2 Å². The summed E-state index contributed by atoms with van der Waals surface area (Å²) in [5.74, 6) is 0.620. The summed E-state index contributed by atoms with van der Waals surface area (Å²) in [7, 11) is 1.45. The number of hydrogen-bond acceptors (Lipinski definition) is 6. The van der Waals surface area contributed by atoms with Crippen LogP contribution in [0.5, 0.6) is 0 Å². The SMILES string of the molecule is Cc1nc(SCC(=O)NCCc2ccccc2)c2c(=O)n(C)c(=O)n(CC(C)C)c2n1. The van der Waals surface area contributed by atoms with Gasteiger partial charge >= 0.3 is 5.69 Å². The van der Waals surface area contributed by atoms with Gasteiger partial charge in [-0.3, -0.25) is 18.7 Å². The smallest absolute Gasteiger partial charge is 0.332 e. The summed E-state index contributed by atoms with van der Waals surface area (Å²) in [6.45, 7) is 6.66. The lowest BCUT2D eigenvalue weighted by molar-refractivity contribution is -0.118. The molecule has 0 aliphatic carbocycles. The van der Waals surface area contributed by atoms with Crippen molar-refractivity contribution < 1.29 is 4.79 Å². The molecule has 1 aromatic carbocycles. The maximum atomic E-state index is 12.8. The van der Waals surface area contributed by atoms with Crippen molar-refractivity contribution in [3.05, 3.63) is 62.6 Å². The van der Waals surface area contributed by atoms with Gasteiger partial charge < -0.3 is 5.32 Å². The van der Waals surface area contributed by atoms with Crippen molar-refractivity contribution in [2.24, 2.45) is 13.0 Å². The van der Waals surface area contributed by atoms with Gasteiger partial charge in [0, 0.05) is 20.1 Å². The zero-order valence-electron chi connectivity index (χ0n) is 18.2. The molecule has 9 heteroatoms. The summed E-state index contributed by atoms with van der Waals surface area (Å²) in [4.78, 5) is 46.6. The largest absolute Gasteiger partial charge is 0.355 e. The summed E-state index contributed by atoms with van der Waals surface area (Å²) in [5, 5.41) is 3.58. The quantitative estimate of drug-likeness (QED) is 0.423. The van der Waals surface area contributed by atoms with Crippen LogP contribution in [-0.2, 0) is 24.8 Å². The Balaban J connectivity index is 1.82. The summed E-state index contributed by atoms with van der Waals surface area (Å²) in [6.07, 6.45) is 0.745. The lowest BCUT2D eigenvalue weighted by Gasteiger charge is -2.15. The molecule has 0 atom stereocenters. The first-order chi connectivity index (χ1) is 14.8. The molecule has 2 aromatic heterocycles. The predicted octanol–water partition coefficient (Wildman–Crippen LogP) is 1.91. The van der Waals surface area contributed by atoms with Gasteiger partial charge in [-0.1, -0.05) is 55.9 Å². The van der Waals surface area contributed by atoms with E-state index >= 15 is 0 Å². The molecule has 2 heterocycles. The van der Waals surface area contributed by atoms with Gasteiger partial charge in [0.15, 0.2) is 5.65 Å². The number of nitrogens with zero attached hydrogens (tertiary/aromatic N) is 4. The van der Waals surface area contributed by atoms with Gasteiger partial charge in [0.05, 0.1) is 5.75 Å². The molecule has 3 aromatic rings. The number of rotatable bonds is 8. The fourth-order valence-corrected chi connectivity index (χ4v) is 4.14. The Morgan fingerprint density at radius 2 is 1.87 bits per heavy atom. The van der Waals surface area contributed by atoms with Gasteiger partial charge in [-0.15, -0.1) is 0 Å². The molecular weight excluding hydrogens is 414 g/mol. The Kier molecular flexibility index (Phi) is 7.27. The predicted molar refractivity (Wildman–Crippen MR) is 122 cm³/mol. The van der Waals surface area contributed by atoms with Crippen LogP contribution in [0, 0.1) is 12.8 Å². The van der Waals surface area contributed by atoms with Crippen LogP contribution in [0.2, 0.25) is 0 Å². The third-order valence-corrected chi connectivity index (χ3v) is 5.70. The van der Waals surface area contributed by atoms with Crippen LogP contribution in [0.25, 0.3) is 11.0 Å². The molecule has 31 heavy (non-hydrogen) atoms. The average Bonchev–Trinajstić information content (AvgIpc) is 2.74. The lowest BCUT2D eigenvalue weighted by Crippen LogP contribution is -2.39. The zero-order chi connectivity index (χ0) is 22.5. The molecule has 0 unspecified atom stereocenters. The van der Waals surface area contributed by atoms with Crippen molar-refractivity contribution in [3.8, 4) is 0 Å². The average molecular weight is 442 g/mol. The lowest BCUT2D eigenvalue weighted by atomic mass is 10.1. The second-order valence-electron chi connectivity index (χ2n) is 7.80. The monoisotopic (exact) mass is 441 g/mol. The highest BCUT2D eigenvalue weighted by atomic mass is 32.2. The normalized spacial score (nSPS) is 11.3. The van der Waals surface area contributed by atoms with Crippen LogP contribution in [0.3, 0.4) is 0 Å². The number of hydrogen-bond donors (Lipinski definition) is 1. The second kappa shape index (κ2) is 9.91.